The smallest absolute Gasteiger partial charge is 0.329 e. The Morgan fingerprint density at radius 3 is 2.62 bits per heavy atom. The van der Waals surface area contributed by atoms with Crippen molar-refractivity contribution in [1.29, 1.82) is 0 Å². The Kier molecular flexibility index (Phi) is 5.92. The maximum Gasteiger partial charge on any atom is 0.329 e. The number of nitrogens with one attached hydrogen (secondary N) is 2. The molecule has 0 aliphatic rings. The lowest BCUT2D eigenvalue weighted by Gasteiger charge is -2.08. The van der Waals surface area contributed by atoms with E-state index in [1.54, 1.807) is 43.3 Å². The summed E-state index contributed by atoms with van der Waals surface area (Å²) in [4.78, 5) is 23.7. The van der Waals surface area contributed by atoms with E-state index in [4.69, 9.17) is 16.3 Å². The third kappa shape index (κ3) is 4.33. The zero-order valence-electron chi connectivity index (χ0n) is 13.2. The van der Waals surface area contributed by atoms with E-state index in [-0.39, 0.29) is 0 Å². The normalized spacial score (nSPS) is 10.5. The third-order valence-corrected chi connectivity index (χ3v) is 3.64. The molecule has 6 nitrogen and oxygen atoms in total. The average Bonchev–Trinajstić information content (AvgIpc) is 2.59. The number of halogens is 1. The lowest BCUT2D eigenvalue weighted by molar-refractivity contribution is -0.136. The van der Waals surface area contributed by atoms with Gasteiger partial charge < -0.3 is 10.1 Å². The first-order valence-electron chi connectivity index (χ1n) is 7.05. The van der Waals surface area contributed by atoms with E-state index in [1.165, 1.54) is 13.3 Å². The van der Waals surface area contributed by atoms with Crippen LogP contribution in [-0.4, -0.2) is 25.1 Å². The molecule has 2 amide bonds. The first kappa shape index (κ1) is 17.5. The lowest BCUT2D eigenvalue weighted by Crippen LogP contribution is -2.32. The molecule has 0 aliphatic heterocycles. The molecule has 0 aliphatic carbocycles. The van der Waals surface area contributed by atoms with Gasteiger partial charge in [-0.2, -0.15) is 5.10 Å². The number of rotatable bonds is 4. The second kappa shape index (κ2) is 8.12. The van der Waals surface area contributed by atoms with E-state index < -0.39 is 11.8 Å². The molecule has 0 aromatic heterocycles. The van der Waals surface area contributed by atoms with Crippen LogP contribution in [-0.2, 0) is 9.59 Å². The molecule has 0 spiro atoms. The van der Waals surface area contributed by atoms with Crippen molar-refractivity contribution in [2.45, 2.75) is 6.92 Å². The Morgan fingerprint density at radius 1 is 1.12 bits per heavy atom. The van der Waals surface area contributed by atoms with Gasteiger partial charge in [0.2, 0.25) is 0 Å². The molecule has 7 heteroatoms. The summed E-state index contributed by atoms with van der Waals surface area (Å²) >= 11 is 5.97. The minimum Gasteiger partial charge on any atom is -0.496 e. The minimum atomic E-state index is -0.888. The van der Waals surface area contributed by atoms with Gasteiger partial charge in [0.1, 0.15) is 5.75 Å². The van der Waals surface area contributed by atoms with Crippen LogP contribution in [0, 0.1) is 6.92 Å². The Balaban J connectivity index is 1.98. The fourth-order valence-electron chi connectivity index (χ4n) is 1.91. The maximum atomic E-state index is 11.9. The van der Waals surface area contributed by atoms with Gasteiger partial charge in [-0.1, -0.05) is 29.8 Å². The predicted octanol–water partition coefficient (Wildman–Crippen LogP) is 2.75. The fourth-order valence-corrected chi connectivity index (χ4v) is 2.08. The van der Waals surface area contributed by atoms with Gasteiger partial charge in [0.15, 0.2) is 0 Å². The quantitative estimate of drug-likeness (QED) is 0.508. The van der Waals surface area contributed by atoms with Crippen molar-refractivity contribution < 1.29 is 14.3 Å². The van der Waals surface area contributed by atoms with Crippen molar-refractivity contribution in [3.8, 4) is 5.75 Å². The summed E-state index contributed by atoms with van der Waals surface area (Å²) in [6.07, 6.45) is 1.40. The number of hydrogen-bond acceptors (Lipinski definition) is 4. The van der Waals surface area contributed by atoms with Gasteiger partial charge in [-0.15, -0.1) is 0 Å². The van der Waals surface area contributed by atoms with Crippen LogP contribution in [0.4, 0.5) is 5.69 Å². The number of para-hydroxylation sites is 1. The number of nitrogens with zero attached hydrogens (tertiary/aromatic N) is 1. The van der Waals surface area contributed by atoms with E-state index in [0.717, 1.165) is 0 Å². The maximum absolute atomic E-state index is 11.9. The molecule has 124 valence electrons. The summed E-state index contributed by atoms with van der Waals surface area (Å²) in [6, 6.07) is 12.2. The standard InChI is InChI=1S/C17H16ClN3O3/c1-11-13(18)7-5-8-14(11)20-16(22)17(23)21-19-10-12-6-3-4-9-15(12)24-2/h3-10H,1-2H3,(H,20,22)(H,21,23)/b19-10-. The predicted molar refractivity (Wildman–Crippen MR) is 93.5 cm³/mol. The molecule has 2 aromatic carbocycles. The Labute approximate surface area is 144 Å². The van der Waals surface area contributed by atoms with E-state index in [9.17, 15) is 9.59 Å². The van der Waals surface area contributed by atoms with Crippen LogP contribution in [0.15, 0.2) is 47.6 Å². The molecule has 0 radical (unpaired) electrons. The highest BCUT2D eigenvalue weighted by Crippen LogP contribution is 2.22. The zero-order valence-corrected chi connectivity index (χ0v) is 13.9. The number of hydrazone groups is 1. The van der Waals surface area contributed by atoms with Crippen LogP contribution >= 0.6 is 11.6 Å². The SMILES string of the molecule is COc1ccccc1/C=N\NC(=O)C(=O)Nc1cccc(Cl)c1C. The molecule has 0 heterocycles. The van der Waals surface area contributed by atoms with Crippen LogP contribution in [0.25, 0.3) is 0 Å². The van der Waals surface area contributed by atoms with Gasteiger partial charge >= 0.3 is 11.8 Å². The highest BCUT2D eigenvalue weighted by molar-refractivity contribution is 6.40. The summed E-state index contributed by atoms with van der Waals surface area (Å²) in [5.74, 6) is -1.12. The Morgan fingerprint density at radius 2 is 1.88 bits per heavy atom. The first-order valence-corrected chi connectivity index (χ1v) is 7.43. The van der Waals surface area contributed by atoms with Gasteiger partial charge in [-0.25, -0.2) is 5.43 Å². The van der Waals surface area contributed by atoms with Gasteiger partial charge in [-0.3, -0.25) is 9.59 Å². The number of carbonyl (C=O) groups is 2. The number of anilines is 1. The number of benzene rings is 2. The van der Waals surface area contributed by atoms with Crippen molar-refractivity contribution in [2.75, 3.05) is 12.4 Å². The largest absolute Gasteiger partial charge is 0.496 e. The highest BCUT2D eigenvalue weighted by atomic mass is 35.5. The average molecular weight is 346 g/mol. The van der Waals surface area contributed by atoms with Gasteiger partial charge in [0.05, 0.1) is 13.3 Å². The zero-order chi connectivity index (χ0) is 17.5. The van der Waals surface area contributed by atoms with Crippen LogP contribution in [0.1, 0.15) is 11.1 Å². The Bertz CT molecular complexity index is 790. The minimum absolute atomic E-state index is 0.469. The third-order valence-electron chi connectivity index (χ3n) is 3.23. The van der Waals surface area contributed by atoms with Crippen molar-refractivity contribution >= 4 is 35.3 Å². The molecule has 24 heavy (non-hydrogen) atoms. The molecule has 0 fully saturated rings. The van der Waals surface area contributed by atoms with Crippen LogP contribution < -0.4 is 15.5 Å². The number of ether oxygens (including phenoxy) is 1. The number of carbonyl (C=O) groups excluding carboxylic acids is 2. The van der Waals surface area contributed by atoms with Crippen LogP contribution in [0.3, 0.4) is 0 Å². The van der Waals surface area contributed by atoms with Gasteiger partial charge in [0.25, 0.3) is 0 Å². The fraction of sp³-hybridized carbons (Fsp3) is 0.118. The lowest BCUT2D eigenvalue weighted by atomic mass is 10.2. The summed E-state index contributed by atoms with van der Waals surface area (Å²) in [7, 11) is 1.53. The van der Waals surface area contributed by atoms with Crippen LogP contribution in [0.2, 0.25) is 5.02 Å². The molecule has 2 aromatic rings. The van der Waals surface area contributed by atoms with E-state index in [0.29, 0.717) is 27.6 Å². The second-order valence-electron chi connectivity index (χ2n) is 4.81. The van der Waals surface area contributed by atoms with E-state index >= 15 is 0 Å². The summed E-state index contributed by atoms with van der Waals surface area (Å²) in [5.41, 5.74) is 3.99. The number of methoxy groups -OCH3 is 1. The van der Waals surface area contributed by atoms with Crippen molar-refractivity contribution in [3.05, 3.63) is 58.6 Å². The molecule has 0 unspecified atom stereocenters. The first-order chi connectivity index (χ1) is 11.5. The summed E-state index contributed by atoms with van der Waals surface area (Å²) < 4.78 is 5.16. The molecule has 2 rings (SSSR count). The Hall–Kier alpha value is -2.86. The summed E-state index contributed by atoms with van der Waals surface area (Å²) in [5, 5.41) is 6.75. The van der Waals surface area contributed by atoms with Crippen molar-refractivity contribution in [2.24, 2.45) is 5.10 Å². The summed E-state index contributed by atoms with van der Waals surface area (Å²) in [6.45, 7) is 1.75. The topological polar surface area (TPSA) is 79.8 Å². The van der Waals surface area contributed by atoms with Gasteiger partial charge in [0, 0.05) is 16.3 Å². The van der Waals surface area contributed by atoms with Gasteiger partial charge in [-0.05, 0) is 36.8 Å². The monoisotopic (exact) mass is 345 g/mol. The van der Waals surface area contributed by atoms with Crippen molar-refractivity contribution in [1.82, 2.24) is 5.43 Å². The molecule has 0 bridgehead atoms. The molecule has 0 saturated heterocycles. The number of hydrogen-bond donors (Lipinski definition) is 2. The number of amides is 2. The highest BCUT2D eigenvalue weighted by Gasteiger charge is 2.14. The molecular formula is C17H16ClN3O3. The van der Waals surface area contributed by atoms with E-state index in [1.807, 2.05) is 6.07 Å². The van der Waals surface area contributed by atoms with Crippen LogP contribution in [0.5, 0.6) is 5.75 Å². The molecule has 0 saturated carbocycles. The molecule has 2 N–H and O–H groups in total. The second-order valence-corrected chi connectivity index (χ2v) is 5.21. The molecular weight excluding hydrogens is 330 g/mol. The van der Waals surface area contributed by atoms with Crippen molar-refractivity contribution in [3.63, 3.8) is 0 Å². The molecule has 0 atom stereocenters. The van der Waals surface area contributed by atoms with E-state index in [2.05, 4.69) is 15.8 Å².